The van der Waals surface area contributed by atoms with Gasteiger partial charge in [0.1, 0.15) is 0 Å². The van der Waals surface area contributed by atoms with Crippen molar-refractivity contribution in [1.29, 1.82) is 0 Å². The number of aliphatic hydroxyl groups is 1. The number of rotatable bonds is 2. The van der Waals surface area contributed by atoms with Gasteiger partial charge in [-0.3, -0.25) is 0 Å². The number of fused-ring (bicyclic) bond motifs is 1. The van der Waals surface area contributed by atoms with Crippen LogP contribution >= 0.6 is 0 Å². The normalized spacial score (nSPS) is 25.5. The summed E-state index contributed by atoms with van der Waals surface area (Å²) in [5, 5.41) is 10.2. The standard InChI is InChI=1S/C12H16O/c1-9(2)7-12(13)8-10-5-3-4-6-11(10)12/h3-6,9,13H,7-8H2,1-2H3. The van der Waals surface area contributed by atoms with Gasteiger partial charge in [-0.15, -0.1) is 0 Å². The Labute approximate surface area is 79.4 Å². The maximum Gasteiger partial charge on any atom is 0.0941 e. The van der Waals surface area contributed by atoms with Gasteiger partial charge in [0.25, 0.3) is 0 Å². The summed E-state index contributed by atoms with van der Waals surface area (Å²) in [5.41, 5.74) is 1.93. The third kappa shape index (κ3) is 1.37. The van der Waals surface area contributed by atoms with Crippen molar-refractivity contribution in [1.82, 2.24) is 0 Å². The van der Waals surface area contributed by atoms with Crippen LogP contribution in [0.25, 0.3) is 0 Å². The molecule has 13 heavy (non-hydrogen) atoms. The molecule has 1 aromatic rings. The highest BCUT2D eigenvalue weighted by Crippen LogP contribution is 2.42. The minimum absolute atomic E-state index is 0.523. The highest BCUT2D eigenvalue weighted by atomic mass is 16.3. The first-order chi connectivity index (χ1) is 6.12. The maximum absolute atomic E-state index is 10.2. The molecule has 0 amide bonds. The Balaban J connectivity index is 2.24. The van der Waals surface area contributed by atoms with Crippen molar-refractivity contribution >= 4 is 0 Å². The molecule has 0 fully saturated rings. The van der Waals surface area contributed by atoms with E-state index in [-0.39, 0.29) is 0 Å². The summed E-state index contributed by atoms with van der Waals surface area (Å²) in [5.74, 6) is 0.554. The maximum atomic E-state index is 10.2. The molecule has 1 atom stereocenters. The molecule has 0 aliphatic heterocycles. The SMILES string of the molecule is CC(C)CC1(O)Cc2ccccc21. The molecule has 1 heteroatoms. The zero-order valence-corrected chi connectivity index (χ0v) is 8.25. The first-order valence-electron chi connectivity index (χ1n) is 4.92. The molecule has 0 aromatic heterocycles. The van der Waals surface area contributed by atoms with Crippen LogP contribution in [0.2, 0.25) is 0 Å². The van der Waals surface area contributed by atoms with Crippen molar-refractivity contribution in [3.05, 3.63) is 35.4 Å². The number of benzene rings is 1. The van der Waals surface area contributed by atoms with E-state index in [1.807, 2.05) is 18.2 Å². The Bertz CT molecular complexity index is 317. The van der Waals surface area contributed by atoms with E-state index in [0.29, 0.717) is 5.92 Å². The molecule has 0 heterocycles. The van der Waals surface area contributed by atoms with Crippen LogP contribution in [0.1, 0.15) is 31.4 Å². The lowest BCUT2D eigenvalue weighted by Gasteiger charge is -2.40. The topological polar surface area (TPSA) is 20.2 Å². The fourth-order valence-corrected chi connectivity index (χ4v) is 2.29. The zero-order valence-electron chi connectivity index (χ0n) is 8.25. The van der Waals surface area contributed by atoms with Gasteiger partial charge >= 0.3 is 0 Å². The van der Waals surface area contributed by atoms with Gasteiger partial charge in [0.2, 0.25) is 0 Å². The van der Waals surface area contributed by atoms with Crippen LogP contribution < -0.4 is 0 Å². The Kier molecular flexibility index (Phi) is 1.92. The van der Waals surface area contributed by atoms with E-state index in [1.54, 1.807) is 0 Å². The Morgan fingerprint density at radius 1 is 1.38 bits per heavy atom. The van der Waals surface area contributed by atoms with Crippen LogP contribution in [0.5, 0.6) is 0 Å². The quantitative estimate of drug-likeness (QED) is 0.734. The van der Waals surface area contributed by atoms with Gasteiger partial charge in [-0.1, -0.05) is 38.1 Å². The second-order valence-corrected chi connectivity index (χ2v) is 4.46. The lowest BCUT2D eigenvalue weighted by molar-refractivity contribution is -0.00748. The molecule has 70 valence electrons. The van der Waals surface area contributed by atoms with E-state index in [9.17, 15) is 5.11 Å². The molecule has 1 aromatic carbocycles. The molecule has 0 saturated heterocycles. The third-order valence-corrected chi connectivity index (χ3v) is 2.75. The third-order valence-electron chi connectivity index (χ3n) is 2.75. The van der Waals surface area contributed by atoms with E-state index in [1.165, 1.54) is 5.56 Å². The van der Waals surface area contributed by atoms with Gasteiger partial charge in [-0.2, -0.15) is 0 Å². The summed E-state index contributed by atoms with van der Waals surface area (Å²) < 4.78 is 0. The zero-order chi connectivity index (χ0) is 9.47. The molecule has 1 aliphatic rings. The van der Waals surface area contributed by atoms with Gasteiger partial charge in [-0.25, -0.2) is 0 Å². The Hall–Kier alpha value is -0.820. The molecule has 2 rings (SSSR count). The second-order valence-electron chi connectivity index (χ2n) is 4.46. The van der Waals surface area contributed by atoms with Crippen LogP contribution in [0.4, 0.5) is 0 Å². The van der Waals surface area contributed by atoms with Gasteiger partial charge in [-0.05, 0) is 23.5 Å². The monoisotopic (exact) mass is 176 g/mol. The summed E-state index contributed by atoms with van der Waals surface area (Å²) >= 11 is 0. The van der Waals surface area contributed by atoms with Crippen LogP contribution in [-0.2, 0) is 12.0 Å². The molecule has 0 radical (unpaired) electrons. The average molecular weight is 176 g/mol. The van der Waals surface area contributed by atoms with E-state index in [0.717, 1.165) is 18.4 Å². The smallest absolute Gasteiger partial charge is 0.0941 e. The number of hydrogen-bond donors (Lipinski definition) is 1. The molecule has 1 N–H and O–H groups in total. The highest BCUT2D eigenvalue weighted by molar-refractivity contribution is 5.42. The highest BCUT2D eigenvalue weighted by Gasteiger charge is 2.40. The van der Waals surface area contributed by atoms with Crippen molar-refractivity contribution in [2.24, 2.45) is 5.92 Å². The summed E-state index contributed by atoms with van der Waals surface area (Å²) in [6, 6.07) is 8.18. The first kappa shape index (κ1) is 8.76. The van der Waals surface area contributed by atoms with E-state index in [2.05, 4.69) is 19.9 Å². The summed E-state index contributed by atoms with van der Waals surface area (Å²) in [7, 11) is 0. The van der Waals surface area contributed by atoms with E-state index in [4.69, 9.17) is 0 Å². The fraction of sp³-hybridized carbons (Fsp3) is 0.500. The molecule has 1 nitrogen and oxygen atoms in total. The lowest BCUT2D eigenvalue weighted by atomic mass is 9.70. The van der Waals surface area contributed by atoms with Crippen molar-refractivity contribution in [3.63, 3.8) is 0 Å². The fourth-order valence-electron chi connectivity index (χ4n) is 2.29. The van der Waals surface area contributed by atoms with E-state index < -0.39 is 5.60 Å². The van der Waals surface area contributed by atoms with Crippen molar-refractivity contribution < 1.29 is 5.11 Å². The molecular weight excluding hydrogens is 160 g/mol. The lowest BCUT2D eigenvalue weighted by Crippen LogP contribution is -2.39. The molecule has 0 bridgehead atoms. The first-order valence-corrected chi connectivity index (χ1v) is 4.92. The molecule has 0 spiro atoms. The van der Waals surface area contributed by atoms with Crippen molar-refractivity contribution in [2.75, 3.05) is 0 Å². The van der Waals surface area contributed by atoms with Crippen molar-refractivity contribution in [3.8, 4) is 0 Å². The number of hydrogen-bond acceptors (Lipinski definition) is 1. The van der Waals surface area contributed by atoms with E-state index >= 15 is 0 Å². The predicted octanol–water partition coefficient (Wildman–Crippen LogP) is 2.48. The molecule has 1 unspecified atom stereocenters. The van der Waals surface area contributed by atoms with Crippen molar-refractivity contribution in [2.45, 2.75) is 32.3 Å². The molecule has 1 aliphatic carbocycles. The largest absolute Gasteiger partial charge is 0.385 e. The Morgan fingerprint density at radius 2 is 2.08 bits per heavy atom. The van der Waals surface area contributed by atoms with Gasteiger partial charge in [0.05, 0.1) is 5.60 Å². The minimum Gasteiger partial charge on any atom is -0.385 e. The summed E-state index contributed by atoms with van der Waals surface area (Å²) in [6.07, 6.45) is 1.71. The van der Waals surface area contributed by atoms with Crippen LogP contribution in [0.15, 0.2) is 24.3 Å². The average Bonchev–Trinajstić information content (AvgIpc) is 2.02. The van der Waals surface area contributed by atoms with Crippen LogP contribution in [0, 0.1) is 5.92 Å². The second kappa shape index (κ2) is 2.85. The molecular formula is C12H16O. The van der Waals surface area contributed by atoms with Crippen LogP contribution in [0.3, 0.4) is 0 Å². The van der Waals surface area contributed by atoms with Crippen LogP contribution in [-0.4, -0.2) is 5.11 Å². The van der Waals surface area contributed by atoms with Gasteiger partial charge in [0, 0.05) is 6.42 Å². The Morgan fingerprint density at radius 3 is 2.69 bits per heavy atom. The summed E-state index contributed by atoms with van der Waals surface area (Å²) in [4.78, 5) is 0. The van der Waals surface area contributed by atoms with Gasteiger partial charge < -0.3 is 5.11 Å². The summed E-state index contributed by atoms with van der Waals surface area (Å²) in [6.45, 7) is 4.30. The van der Waals surface area contributed by atoms with Gasteiger partial charge in [0.15, 0.2) is 0 Å². The minimum atomic E-state index is -0.523. The predicted molar refractivity (Wildman–Crippen MR) is 53.5 cm³/mol. The molecule has 0 saturated carbocycles.